The summed E-state index contributed by atoms with van der Waals surface area (Å²) in [6.07, 6.45) is 0.0804. The van der Waals surface area contributed by atoms with E-state index in [4.69, 9.17) is 15.2 Å². The molecule has 0 unspecified atom stereocenters. The monoisotopic (exact) mass is 600 g/mol. The maximum absolute atomic E-state index is 13.3. The third-order valence-corrected chi connectivity index (χ3v) is 7.21. The van der Waals surface area contributed by atoms with Gasteiger partial charge in [0, 0.05) is 49.1 Å². The summed E-state index contributed by atoms with van der Waals surface area (Å²) in [5.41, 5.74) is 6.75. The molecule has 3 atom stereocenters. The van der Waals surface area contributed by atoms with Crippen LogP contribution >= 0.6 is 12.6 Å². The predicted molar refractivity (Wildman–Crippen MR) is 151 cm³/mol. The number of likely N-dealkylation sites (tertiary alicyclic amines) is 2. The highest BCUT2D eigenvalue weighted by Gasteiger charge is 2.42. The first-order chi connectivity index (χ1) is 20.0. The van der Waals surface area contributed by atoms with Gasteiger partial charge in [-0.05, 0) is 48.2 Å². The zero-order chi connectivity index (χ0) is 30.4. The fourth-order valence-electron chi connectivity index (χ4n) is 4.64. The fourth-order valence-corrected chi connectivity index (χ4v) is 5.01. The Labute approximate surface area is 245 Å². The van der Waals surface area contributed by atoms with Crippen molar-refractivity contribution in [2.45, 2.75) is 43.4 Å². The summed E-state index contributed by atoms with van der Waals surface area (Å²) in [7, 11) is 0. The Morgan fingerprint density at radius 1 is 0.929 bits per heavy atom. The van der Waals surface area contributed by atoms with Gasteiger partial charge in [0.15, 0.2) is 0 Å². The van der Waals surface area contributed by atoms with Crippen LogP contribution in [0, 0.1) is 20.2 Å². The molecule has 2 aliphatic heterocycles. The predicted octanol–water partition coefficient (Wildman–Crippen LogP) is 2.21. The second-order valence-corrected chi connectivity index (χ2v) is 10.5. The lowest BCUT2D eigenvalue weighted by Crippen LogP contribution is -2.47. The minimum atomic E-state index is -0.853. The minimum Gasteiger partial charge on any atom is -0.455 e. The summed E-state index contributed by atoms with van der Waals surface area (Å²) < 4.78 is 10.5. The van der Waals surface area contributed by atoms with Crippen LogP contribution in [0.2, 0.25) is 0 Å². The van der Waals surface area contributed by atoms with Gasteiger partial charge in [-0.3, -0.25) is 34.9 Å². The molecule has 0 aromatic heterocycles. The molecule has 0 aliphatic carbocycles. The molecule has 16 heteroatoms. The molecule has 0 spiro atoms. The number of nitro groups is 2. The van der Waals surface area contributed by atoms with Crippen LogP contribution in [0.25, 0.3) is 0 Å². The van der Waals surface area contributed by atoms with Crippen molar-refractivity contribution in [1.82, 2.24) is 9.80 Å². The molecule has 2 amide bonds. The molecule has 15 nitrogen and oxygen atoms in total. The second-order valence-electron chi connectivity index (χ2n) is 9.78. The van der Waals surface area contributed by atoms with Gasteiger partial charge >= 0.3 is 12.1 Å². The number of nitro benzene ring substituents is 2. The third-order valence-electron chi connectivity index (χ3n) is 6.83. The van der Waals surface area contributed by atoms with E-state index in [9.17, 15) is 34.6 Å². The molecule has 222 valence electrons. The van der Waals surface area contributed by atoms with Crippen molar-refractivity contribution in [2.24, 2.45) is 10.7 Å². The first-order valence-electron chi connectivity index (χ1n) is 12.9. The van der Waals surface area contributed by atoms with Crippen LogP contribution in [-0.2, 0) is 32.3 Å². The molecule has 0 radical (unpaired) electrons. The summed E-state index contributed by atoms with van der Waals surface area (Å²) in [6, 6.07) is 9.89. The lowest BCUT2D eigenvalue weighted by Gasteiger charge is -2.27. The maximum atomic E-state index is 13.3. The van der Waals surface area contributed by atoms with Crippen molar-refractivity contribution in [3.8, 4) is 0 Å². The van der Waals surface area contributed by atoms with Gasteiger partial charge in [0.05, 0.1) is 15.9 Å². The van der Waals surface area contributed by atoms with Crippen LogP contribution in [0.3, 0.4) is 0 Å². The lowest BCUT2D eigenvalue weighted by atomic mass is 10.2. The van der Waals surface area contributed by atoms with E-state index in [1.54, 1.807) is 4.90 Å². The van der Waals surface area contributed by atoms with Crippen LogP contribution in [0.5, 0.6) is 0 Å². The number of amidine groups is 1. The largest absolute Gasteiger partial charge is 0.455 e. The van der Waals surface area contributed by atoms with Crippen molar-refractivity contribution >= 4 is 47.8 Å². The van der Waals surface area contributed by atoms with Gasteiger partial charge in [0.1, 0.15) is 19.3 Å². The van der Waals surface area contributed by atoms with Crippen LogP contribution in [0.15, 0.2) is 53.5 Å². The Kier molecular flexibility index (Phi) is 9.57. The Balaban J connectivity index is 1.28. The number of benzene rings is 2. The number of thiol groups is 1. The first kappa shape index (κ1) is 30.2. The number of hydrogen-bond acceptors (Lipinski definition) is 11. The SMILES string of the molecule is NC(=N[C@H]1CCN(C(=O)[C@@H]2C[C@H](S)CN2C(=O)OCc2ccc([N+](=O)[O-])cc2)C1)C(=O)OCc1ccc([N+](=O)[O-])cc1. The number of amides is 2. The van der Waals surface area contributed by atoms with Crippen molar-refractivity contribution in [2.75, 3.05) is 19.6 Å². The molecule has 2 N–H and O–H groups in total. The summed E-state index contributed by atoms with van der Waals surface area (Å²) in [5, 5.41) is 21.3. The van der Waals surface area contributed by atoms with Crippen LogP contribution < -0.4 is 5.73 Å². The van der Waals surface area contributed by atoms with Crippen LogP contribution in [-0.4, -0.2) is 80.4 Å². The Morgan fingerprint density at radius 3 is 2.02 bits per heavy atom. The van der Waals surface area contributed by atoms with E-state index in [0.29, 0.717) is 30.5 Å². The molecule has 0 saturated carbocycles. The molecule has 2 aromatic rings. The average molecular weight is 601 g/mol. The number of ether oxygens (including phenoxy) is 2. The van der Waals surface area contributed by atoms with Crippen molar-refractivity contribution < 1.29 is 33.7 Å². The van der Waals surface area contributed by atoms with Gasteiger partial charge < -0.3 is 20.1 Å². The lowest BCUT2D eigenvalue weighted by molar-refractivity contribution is -0.385. The van der Waals surface area contributed by atoms with Gasteiger partial charge in [-0.25, -0.2) is 9.59 Å². The van der Waals surface area contributed by atoms with Crippen molar-refractivity contribution in [1.29, 1.82) is 0 Å². The highest BCUT2D eigenvalue weighted by atomic mass is 32.1. The van der Waals surface area contributed by atoms with Gasteiger partial charge in [-0.15, -0.1) is 0 Å². The van der Waals surface area contributed by atoms with E-state index >= 15 is 0 Å². The number of non-ortho nitro benzene ring substituents is 2. The van der Waals surface area contributed by atoms with E-state index in [2.05, 4.69) is 17.6 Å². The molecule has 4 rings (SSSR count). The smallest absolute Gasteiger partial charge is 0.410 e. The number of rotatable bonds is 8. The number of esters is 1. The van der Waals surface area contributed by atoms with Crippen molar-refractivity contribution in [3.05, 3.63) is 79.9 Å². The molecule has 0 bridgehead atoms. The normalized spacial score (nSPS) is 20.3. The standard InChI is InChI=1S/C26H28N6O9S/c27-23(25(34)40-14-16-1-5-19(6-2-16)31(36)37)28-18-9-10-29(12-18)24(33)22-11-21(42)13-30(22)26(35)41-15-17-3-7-20(8-4-17)32(38)39/h1-8,18,21-22,42H,9-15H2,(H2,27,28)/t18-,21-,22-/m0/s1. The van der Waals surface area contributed by atoms with Gasteiger partial charge in [0.25, 0.3) is 11.4 Å². The van der Waals surface area contributed by atoms with Crippen molar-refractivity contribution in [3.63, 3.8) is 0 Å². The highest BCUT2D eigenvalue weighted by Crippen LogP contribution is 2.27. The molecule has 2 saturated heterocycles. The number of carbonyl (C=O) groups excluding carboxylic acids is 3. The topological polar surface area (TPSA) is 201 Å². The third kappa shape index (κ3) is 7.51. The van der Waals surface area contributed by atoms with Gasteiger partial charge in [-0.1, -0.05) is 0 Å². The summed E-state index contributed by atoms with van der Waals surface area (Å²) in [4.78, 5) is 66.1. The number of nitrogens with zero attached hydrogens (tertiary/aromatic N) is 5. The van der Waals surface area contributed by atoms with Crippen LogP contribution in [0.4, 0.5) is 16.2 Å². The van der Waals surface area contributed by atoms with Crippen LogP contribution in [0.1, 0.15) is 24.0 Å². The molecule has 42 heavy (non-hydrogen) atoms. The number of carbonyl (C=O) groups is 3. The minimum absolute atomic E-state index is 0.0812. The molecule has 2 aromatic carbocycles. The molecule has 2 heterocycles. The quantitative estimate of drug-likeness (QED) is 0.113. The molecular weight excluding hydrogens is 572 g/mol. The van der Waals surface area contributed by atoms with E-state index in [-0.39, 0.29) is 54.7 Å². The Bertz CT molecular complexity index is 1390. The molecule has 2 fully saturated rings. The zero-order valence-electron chi connectivity index (χ0n) is 22.2. The number of aliphatic imine (C=N–C) groups is 1. The second kappa shape index (κ2) is 13.3. The average Bonchev–Trinajstić information content (AvgIpc) is 3.61. The van der Waals surface area contributed by atoms with Gasteiger partial charge in [-0.2, -0.15) is 12.6 Å². The van der Waals surface area contributed by atoms with E-state index in [0.717, 1.165) is 0 Å². The summed E-state index contributed by atoms with van der Waals surface area (Å²) in [5.74, 6) is -1.51. The fraction of sp³-hybridized carbons (Fsp3) is 0.385. The zero-order valence-corrected chi connectivity index (χ0v) is 23.1. The summed E-state index contributed by atoms with van der Waals surface area (Å²) in [6.45, 7) is 0.476. The highest BCUT2D eigenvalue weighted by molar-refractivity contribution is 7.81. The molecular formula is C26H28N6O9S. The number of hydrogen-bond donors (Lipinski definition) is 2. The Morgan fingerprint density at radius 2 is 1.48 bits per heavy atom. The Hall–Kier alpha value is -4.73. The molecule has 2 aliphatic rings. The van der Waals surface area contributed by atoms with E-state index in [1.807, 2.05) is 0 Å². The van der Waals surface area contributed by atoms with E-state index < -0.39 is 34.0 Å². The van der Waals surface area contributed by atoms with Gasteiger partial charge in [0.2, 0.25) is 11.7 Å². The van der Waals surface area contributed by atoms with E-state index in [1.165, 1.54) is 53.4 Å². The maximum Gasteiger partial charge on any atom is 0.410 e. The number of nitrogens with two attached hydrogens (primary N) is 1. The summed E-state index contributed by atoms with van der Waals surface area (Å²) >= 11 is 4.45. The first-order valence-corrected chi connectivity index (χ1v) is 13.4.